The number of rotatable bonds is 6. The molecule has 0 heterocycles. The minimum absolute atomic E-state index is 0.0312. The van der Waals surface area contributed by atoms with Crippen molar-refractivity contribution in [3.05, 3.63) is 35.9 Å². The number of nitrogens with one attached hydrogen (secondary N) is 2. The maximum absolute atomic E-state index is 12.7. The molecule has 0 aliphatic carbocycles. The van der Waals surface area contributed by atoms with E-state index in [1.165, 1.54) is 20.8 Å². The summed E-state index contributed by atoms with van der Waals surface area (Å²) in [4.78, 5) is 35.6. The van der Waals surface area contributed by atoms with E-state index in [0.29, 0.717) is 5.56 Å². The van der Waals surface area contributed by atoms with Gasteiger partial charge in [-0.25, -0.2) is 4.79 Å². The fourth-order valence-corrected chi connectivity index (χ4v) is 1.91. The van der Waals surface area contributed by atoms with Crippen LogP contribution in [0, 0.1) is 0 Å². The molecule has 0 aromatic heterocycles. The Bertz CT molecular complexity index is 640. The van der Waals surface area contributed by atoms with Gasteiger partial charge in [-0.2, -0.15) is 13.2 Å². The molecule has 0 spiro atoms. The summed E-state index contributed by atoms with van der Waals surface area (Å²) in [5.74, 6) is -2.62. The van der Waals surface area contributed by atoms with E-state index in [-0.39, 0.29) is 6.54 Å². The lowest BCUT2D eigenvalue weighted by atomic mass is 10.1. The molecule has 6 nitrogen and oxygen atoms in total. The maximum atomic E-state index is 12.7. The monoisotopic (exact) mass is 374 g/mol. The Morgan fingerprint density at radius 2 is 1.65 bits per heavy atom. The minimum Gasteiger partial charge on any atom is -0.444 e. The molecule has 0 fully saturated rings. The van der Waals surface area contributed by atoms with E-state index in [1.54, 1.807) is 30.3 Å². The first-order valence-electron chi connectivity index (χ1n) is 7.79. The highest BCUT2D eigenvalue weighted by Gasteiger charge is 2.39. The van der Waals surface area contributed by atoms with Crippen molar-refractivity contribution in [1.82, 2.24) is 10.6 Å². The zero-order valence-corrected chi connectivity index (χ0v) is 14.6. The molecule has 9 heteroatoms. The van der Waals surface area contributed by atoms with E-state index in [9.17, 15) is 27.6 Å². The number of hydrogen-bond donors (Lipinski definition) is 2. The largest absolute Gasteiger partial charge is 0.444 e. The number of carbonyl (C=O) groups is 3. The Balaban J connectivity index is 2.76. The summed E-state index contributed by atoms with van der Waals surface area (Å²) in [7, 11) is 0. The number of ether oxygens (including phenoxy) is 1. The van der Waals surface area contributed by atoms with Gasteiger partial charge in [0.25, 0.3) is 5.91 Å². The van der Waals surface area contributed by atoms with Gasteiger partial charge in [0, 0.05) is 6.54 Å². The first-order valence-corrected chi connectivity index (χ1v) is 7.79. The summed E-state index contributed by atoms with van der Waals surface area (Å²) in [6, 6.07) is 6.45. The first kappa shape index (κ1) is 21.5. The van der Waals surface area contributed by atoms with E-state index in [1.807, 2.05) is 5.32 Å². The molecule has 0 bridgehead atoms. The van der Waals surface area contributed by atoms with Crippen molar-refractivity contribution >= 4 is 17.8 Å². The van der Waals surface area contributed by atoms with Crippen molar-refractivity contribution in [2.24, 2.45) is 0 Å². The Morgan fingerprint density at radius 3 is 2.15 bits per heavy atom. The number of carbonyl (C=O) groups excluding carboxylic acids is 3. The summed E-state index contributed by atoms with van der Waals surface area (Å²) in [6.07, 6.45) is -7.64. The zero-order chi connectivity index (χ0) is 20.0. The number of hydrogen-bond acceptors (Lipinski definition) is 4. The second-order valence-electron chi connectivity index (χ2n) is 6.55. The predicted molar refractivity (Wildman–Crippen MR) is 87.1 cm³/mol. The van der Waals surface area contributed by atoms with Gasteiger partial charge in [-0.05, 0) is 26.3 Å². The Kier molecular flexibility index (Phi) is 7.17. The molecule has 26 heavy (non-hydrogen) atoms. The number of benzene rings is 1. The van der Waals surface area contributed by atoms with Crippen molar-refractivity contribution in [3.63, 3.8) is 0 Å². The van der Waals surface area contributed by atoms with E-state index in [4.69, 9.17) is 4.74 Å². The number of amides is 2. The fourth-order valence-electron chi connectivity index (χ4n) is 1.91. The van der Waals surface area contributed by atoms with Gasteiger partial charge in [-0.1, -0.05) is 30.3 Å². The van der Waals surface area contributed by atoms with Crippen LogP contribution in [0.3, 0.4) is 0 Å². The quantitative estimate of drug-likeness (QED) is 0.750. The van der Waals surface area contributed by atoms with Crippen molar-refractivity contribution in [2.45, 2.75) is 51.6 Å². The summed E-state index contributed by atoms with van der Waals surface area (Å²) in [5, 5.41) is 4.06. The average Bonchev–Trinajstić information content (AvgIpc) is 2.49. The summed E-state index contributed by atoms with van der Waals surface area (Å²) in [5.41, 5.74) is -0.299. The molecule has 0 saturated heterocycles. The number of halogens is 3. The maximum Gasteiger partial charge on any atom is 0.408 e. The highest BCUT2D eigenvalue weighted by molar-refractivity contribution is 6.38. The number of Topliss-reactive ketones (excluding diaryl/α,β-unsaturated/α-hetero) is 1. The first-order chi connectivity index (χ1) is 11.9. The lowest BCUT2D eigenvalue weighted by molar-refractivity contribution is -0.152. The molecule has 144 valence electrons. The van der Waals surface area contributed by atoms with Crippen LogP contribution in [0.5, 0.6) is 0 Å². The van der Waals surface area contributed by atoms with Crippen LogP contribution in [0.25, 0.3) is 0 Å². The Hall–Kier alpha value is -2.58. The molecule has 0 aliphatic heterocycles. The predicted octanol–water partition coefficient (Wildman–Crippen LogP) is 2.72. The van der Waals surface area contributed by atoms with Crippen molar-refractivity contribution in [3.8, 4) is 0 Å². The van der Waals surface area contributed by atoms with Crippen LogP contribution in [-0.2, 0) is 20.9 Å². The highest BCUT2D eigenvalue weighted by Crippen LogP contribution is 2.22. The highest BCUT2D eigenvalue weighted by atomic mass is 19.4. The van der Waals surface area contributed by atoms with E-state index < -0.39 is 42.0 Å². The fraction of sp³-hybridized carbons (Fsp3) is 0.471. The molecular formula is C17H21F3N2O4. The van der Waals surface area contributed by atoms with Gasteiger partial charge in [-0.3, -0.25) is 9.59 Å². The molecule has 1 rings (SSSR count). The van der Waals surface area contributed by atoms with Crippen LogP contribution in [0.2, 0.25) is 0 Å². The van der Waals surface area contributed by atoms with Crippen LogP contribution >= 0.6 is 0 Å². The molecule has 2 amide bonds. The summed E-state index contributed by atoms with van der Waals surface area (Å²) >= 11 is 0. The normalized spacial score (nSPS) is 12.8. The second kappa shape index (κ2) is 8.68. The van der Waals surface area contributed by atoms with E-state index in [2.05, 4.69) is 5.32 Å². The van der Waals surface area contributed by atoms with Gasteiger partial charge in [-0.15, -0.1) is 0 Å². The van der Waals surface area contributed by atoms with Crippen LogP contribution in [0.15, 0.2) is 30.3 Å². The Morgan fingerprint density at radius 1 is 1.08 bits per heavy atom. The third kappa shape index (κ3) is 8.50. The molecule has 1 atom stereocenters. The smallest absolute Gasteiger partial charge is 0.408 e. The van der Waals surface area contributed by atoms with Gasteiger partial charge >= 0.3 is 12.3 Å². The summed E-state index contributed by atoms with van der Waals surface area (Å²) < 4.78 is 42.9. The van der Waals surface area contributed by atoms with E-state index >= 15 is 0 Å². The molecule has 0 radical (unpaired) electrons. The Labute approximate surface area is 149 Å². The second-order valence-corrected chi connectivity index (χ2v) is 6.55. The molecule has 0 aliphatic rings. The SMILES string of the molecule is CC(C)(C)OC(=O)N[C@@H](CC(F)(F)F)C(=O)C(=O)NCc1ccccc1. The third-order valence-electron chi connectivity index (χ3n) is 2.96. The molecule has 1 aromatic carbocycles. The molecular weight excluding hydrogens is 353 g/mol. The molecule has 0 saturated carbocycles. The van der Waals surface area contributed by atoms with Crippen molar-refractivity contribution < 1.29 is 32.3 Å². The van der Waals surface area contributed by atoms with Crippen LogP contribution in [-0.4, -0.2) is 35.6 Å². The van der Waals surface area contributed by atoms with Gasteiger partial charge < -0.3 is 15.4 Å². The zero-order valence-electron chi connectivity index (χ0n) is 14.6. The minimum atomic E-state index is -4.75. The topological polar surface area (TPSA) is 84.5 Å². The number of alkyl carbamates (subject to hydrolysis) is 1. The van der Waals surface area contributed by atoms with Crippen LogP contribution < -0.4 is 10.6 Å². The van der Waals surface area contributed by atoms with Gasteiger partial charge in [0.15, 0.2) is 0 Å². The lowest BCUT2D eigenvalue weighted by Gasteiger charge is -2.23. The number of ketones is 1. The van der Waals surface area contributed by atoms with Gasteiger partial charge in [0.2, 0.25) is 5.78 Å². The molecule has 0 unspecified atom stereocenters. The van der Waals surface area contributed by atoms with E-state index in [0.717, 1.165) is 0 Å². The lowest BCUT2D eigenvalue weighted by Crippen LogP contribution is -2.50. The summed E-state index contributed by atoms with van der Waals surface area (Å²) in [6.45, 7) is 4.51. The standard InChI is InChI=1S/C17H21F3N2O4/c1-16(2,3)26-15(25)22-12(9-17(18,19)20)13(23)14(24)21-10-11-7-5-4-6-8-11/h4-8,12H,9-10H2,1-3H3,(H,21,24)(H,22,25)/t12-/m0/s1. The van der Waals surface area contributed by atoms with Crippen molar-refractivity contribution in [1.29, 1.82) is 0 Å². The van der Waals surface area contributed by atoms with Crippen LogP contribution in [0.4, 0.5) is 18.0 Å². The number of alkyl halides is 3. The third-order valence-corrected chi connectivity index (χ3v) is 2.96. The van der Waals surface area contributed by atoms with Gasteiger partial charge in [0.05, 0.1) is 6.42 Å². The van der Waals surface area contributed by atoms with Gasteiger partial charge in [0.1, 0.15) is 11.6 Å². The van der Waals surface area contributed by atoms with Crippen LogP contribution in [0.1, 0.15) is 32.8 Å². The average molecular weight is 374 g/mol. The molecule has 1 aromatic rings. The van der Waals surface area contributed by atoms with Crippen molar-refractivity contribution in [2.75, 3.05) is 0 Å². The molecule has 2 N–H and O–H groups in total.